The summed E-state index contributed by atoms with van der Waals surface area (Å²) in [5, 5.41) is 0. The van der Waals surface area contributed by atoms with Gasteiger partial charge in [0.25, 0.3) is 0 Å². The van der Waals surface area contributed by atoms with E-state index in [1.807, 2.05) is 72.8 Å². The fourth-order valence-electron chi connectivity index (χ4n) is 4.35. The van der Waals surface area contributed by atoms with Crippen molar-refractivity contribution in [2.45, 2.75) is 26.0 Å². The average molecular weight is 423 g/mol. The van der Waals surface area contributed by atoms with Gasteiger partial charge in [0.05, 0.1) is 0 Å². The first-order chi connectivity index (χ1) is 14.7. The van der Waals surface area contributed by atoms with Gasteiger partial charge in [0.1, 0.15) is 0 Å². The number of hydrogen-bond acceptors (Lipinski definition) is 5. The van der Waals surface area contributed by atoms with Crippen LogP contribution in [0, 0.1) is 0 Å². The van der Waals surface area contributed by atoms with Crippen LogP contribution in [0.1, 0.15) is 37.1 Å². The zero-order chi connectivity index (χ0) is 20.6. The summed E-state index contributed by atoms with van der Waals surface area (Å²) < 4.78 is 29.3. The van der Waals surface area contributed by atoms with Gasteiger partial charge >= 0.3 is 177 Å². The number of ether oxygens (including phenoxy) is 1. The summed E-state index contributed by atoms with van der Waals surface area (Å²) in [5.74, 6) is 0.885. The Kier molecular flexibility index (Phi) is 4.79. The first-order valence-corrected chi connectivity index (χ1v) is 12.4. The Morgan fingerprint density at radius 1 is 0.700 bits per heavy atom. The van der Waals surface area contributed by atoms with Gasteiger partial charge in [0.15, 0.2) is 0 Å². The first kappa shape index (κ1) is 19.5. The molecule has 30 heavy (non-hydrogen) atoms. The van der Waals surface area contributed by atoms with Crippen LogP contribution >= 0.6 is 7.43 Å². The summed E-state index contributed by atoms with van der Waals surface area (Å²) in [5.41, 5.74) is 1.92. The van der Waals surface area contributed by atoms with E-state index >= 15 is 0 Å². The third-order valence-corrected chi connectivity index (χ3v) is 10.1. The number of nitrogens with zero attached hydrogens (tertiary/aromatic N) is 1. The summed E-state index contributed by atoms with van der Waals surface area (Å²) in [7, 11) is -3.97. The fourth-order valence-corrected chi connectivity index (χ4v) is 8.99. The molecule has 0 amide bonds. The van der Waals surface area contributed by atoms with Crippen molar-refractivity contribution in [3.05, 3.63) is 96.1 Å². The minimum atomic E-state index is -3.97. The van der Waals surface area contributed by atoms with Gasteiger partial charge in [-0.05, 0) is 0 Å². The molecule has 2 atom stereocenters. The van der Waals surface area contributed by atoms with Gasteiger partial charge in [0.2, 0.25) is 0 Å². The minimum absolute atomic E-state index is 0.505. The quantitative estimate of drug-likeness (QED) is 0.441. The van der Waals surface area contributed by atoms with E-state index in [-0.39, 0.29) is 0 Å². The summed E-state index contributed by atoms with van der Waals surface area (Å²) in [6.07, 6.45) is -0.594. The summed E-state index contributed by atoms with van der Waals surface area (Å²) in [6, 6.07) is 27.9. The van der Waals surface area contributed by atoms with Crippen molar-refractivity contribution < 1.29 is 18.3 Å². The molecule has 0 aliphatic carbocycles. The fraction of sp³-hybridized carbons (Fsp3) is 0.250. The molecule has 0 saturated carbocycles. The number of benzene rings is 3. The number of hydrogen-bond donors (Lipinski definition) is 0. The van der Waals surface area contributed by atoms with Gasteiger partial charge in [-0.15, -0.1) is 0 Å². The molecule has 1 spiro atoms. The van der Waals surface area contributed by atoms with E-state index in [1.54, 1.807) is 0 Å². The molecule has 3 aromatic rings. The van der Waals surface area contributed by atoms with Gasteiger partial charge in [-0.1, -0.05) is 0 Å². The van der Waals surface area contributed by atoms with Gasteiger partial charge in [-0.3, -0.25) is 0 Å². The third kappa shape index (κ3) is 2.78. The van der Waals surface area contributed by atoms with Crippen LogP contribution in [-0.4, -0.2) is 17.8 Å². The van der Waals surface area contributed by atoms with Crippen molar-refractivity contribution in [2.75, 3.05) is 13.1 Å². The molecule has 5 nitrogen and oxygen atoms in total. The summed E-state index contributed by atoms with van der Waals surface area (Å²) >= 11 is 0. The predicted octanol–water partition coefficient (Wildman–Crippen LogP) is 6.46. The Labute approximate surface area is 177 Å². The zero-order valence-corrected chi connectivity index (χ0v) is 18.1. The Morgan fingerprint density at radius 3 is 1.73 bits per heavy atom. The van der Waals surface area contributed by atoms with Crippen LogP contribution in [0.5, 0.6) is 11.5 Å². The van der Waals surface area contributed by atoms with E-state index in [4.69, 9.17) is 18.3 Å². The molecule has 0 bridgehead atoms. The monoisotopic (exact) mass is 423 g/mol. The molecule has 0 radical (unpaired) electrons. The van der Waals surface area contributed by atoms with Crippen molar-refractivity contribution in [1.82, 2.24) is 4.67 Å². The Hall–Kier alpha value is -2.43. The predicted molar refractivity (Wildman–Crippen MR) is 118 cm³/mol. The van der Waals surface area contributed by atoms with Crippen molar-refractivity contribution in [3.63, 3.8) is 0 Å². The standard InChI is InChI=1S/C24H26NO4P/c1-3-25(4-2)30(27-21-17-11-12-18-22(21)28-30)24(20-15-9-6-10-16-20)26-23(29-30)19-13-7-5-8-14-19/h5-18,23-24H,3-4H2,1-2H3/t23-,24-/m0/s1. The zero-order valence-electron chi connectivity index (χ0n) is 17.2. The van der Waals surface area contributed by atoms with E-state index in [2.05, 4.69) is 30.7 Å². The molecule has 5 rings (SSSR count). The molecule has 3 aromatic carbocycles. The van der Waals surface area contributed by atoms with Crippen LogP contribution in [0.3, 0.4) is 0 Å². The molecule has 6 heteroatoms. The van der Waals surface area contributed by atoms with Gasteiger partial charge < -0.3 is 0 Å². The van der Waals surface area contributed by atoms with Gasteiger partial charge in [-0.25, -0.2) is 0 Å². The van der Waals surface area contributed by atoms with E-state index in [1.165, 1.54) is 0 Å². The Balaban J connectivity index is 1.72. The molecule has 1 fully saturated rings. The normalized spacial score (nSPS) is 24.6. The first-order valence-electron chi connectivity index (χ1n) is 10.4. The number of fused-ring (bicyclic) bond motifs is 1. The summed E-state index contributed by atoms with van der Waals surface area (Å²) in [6.45, 7) is 5.61. The molecular weight excluding hydrogens is 397 g/mol. The van der Waals surface area contributed by atoms with Gasteiger partial charge in [0, 0.05) is 0 Å². The van der Waals surface area contributed by atoms with E-state index < -0.39 is 19.6 Å². The maximum absolute atomic E-state index is 6.87. The van der Waals surface area contributed by atoms with Gasteiger partial charge in [-0.2, -0.15) is 0 Å². The van der Waals surface area contributed by atoms with Crippen molar-refractivity contribution in [1.29, 1.82) is 0 Å². The van der Waals surface area contributed by atoms with Crippen LogP contribution in [0.2, 0.25) is 0 Å². The molecule has 0 unspecified atom stereocenters. The van der Waals surface area contributed by atoms with Crippen molar-refractivity contribution in [2.24, 2.45) is 0 Å². The molecule has 156 valence electrons. The summed E-state index contributed by atoms with van der Waals surface area (Å²) in [4.78, 5) is 0. The molecule has 1 saturated heterocycles. The maximum atomic E-state index is 6.87. The van der Waals surface area contributed by atoms with Crippen LogP contribution < -0.4 is 9.05 Å². The molecular formula is C24H26NO4P. The van der Waals surface area contributed by atoms with E-state index in [0.29, 0.717) is 24.6 Å². The number of para-hydroxylation sites is 2. The second-order valence-electron chi connectivity index (χ2n) is 7.42. The number of rotatable bonds is 5. The van der Waals surface area contributed by atoms with Crippen LogP contribution in [0.4, 0.5) is 0 Å². The van der Waals surface area contributed by atoms with Crippen LogP contribution in [0.25, 0.3) is 0 Å². The SMILES string of the molecule is CCN(CC)P12(Oc3ccccc3O1)O[C@@H](c1ccccc1)O[C@@H]2c1ccccc1. The molecule has 2 aliphatic rings. The van der Waals surface area contributed by atoms with Crippen LogP contribution in [-0.2, 0) is 9.26 Å². The second-order valence-corrected chi connectivity index (χ2v) is 10.8. The second kappa shape index (κ2) is 7.36. The Bertz CT molecular complexity index is 1000. The molecule has 0 N–H and O–H groups in total. The van der Waals surface area contributed by atoms with Crippen molar-refractivity contribution >= 4 is 7.43 Å². The van der Waals surface area contributed by atoms with E-state index in [0.717, 1.165) is 11.1 Å². The molecule has 2 heterocycles. The topological polar surface area (TPSA) is 40.2 Å². The molecule has 0 aromatic heterocycles. The van der Waals surface area contributed by atoms with Crippen LogP contribution in [0.15, 0.2) is 84.9 Å². The Morgan fingerprint density at radius 2 is 1.20 bits per heavy atom. The van der Waals surface area contributed by atoms with E-state index in [9.17, 15) is 0 Å². The van der Waals surface area contributed by atoms with Crippen molar-refractivity contribution in [3.8, 4) is 11.5 Å². The third-order valence-electron chi connectivity index (χ3n) is 5.71. The molecule has 2 aliphatic heterocycles. The average Bonchev–Trinajstić information content (AvgIpc) is 3.32.